The summed E-state index contributed by atoms with van der Waals surface area (Å²) in [6.07, 6.45) is 0. The van der Waals surface area contributed by atoms with Crippen LogP contribution in [0, 0.1) is 0 Å². The highest BCUT2D eigenvalue weighted by atomic mass is 16.3. The van der Waals surface area contributed by atoms with E-state index in [1.54, 1.807) is 0 Å². The number of rotatable bonds is 3. The molecule has 4 aromatic heterocycles. The van der Waals surface area contributed by atoms with Gasteiger partial charge < -0.3 is 13.6 Å². The summed E-state index contributed by atoms with van der Waals surface area (Å²) in [5, 5.41) is 11.9. The lowest BCUT2D eigenvalue weighted by atomic mass is 9.99. The first-order valence-electron chi connectivity index (χ1n) is 19.5. The van der Waals surface area contributed by atoms with Crippen molar-refractivity contribution in [2.24, 2.45) is 0 Å². The smallest absolute Gasteiger partial charge is 0.178 e. The Kier molecular flexibility index (Phi) is 6.13. The second-order valence-corrected chi connectivity index (χ2v) is 15.1. The second-order valence-electron chi connectivity index (χ2n) is 15.1. The number of aromatic nitrogens is 3. The van der Waals surface area contributed by atoms with Crippen molar-refractivity contribution < 1.29 is 4.42 Å². The van der Waals surface area contributed by atoms with Gasteiger partial charge >= 0.3 is 0 Å². The van der Waals surface area contributed by atoms with Crippen LogP contribution in [0.1, 0.15) is 0 Å². The van der Waals surface area contributed by atoms with Crippen LogP contribution >= 0.6 is 0 Å². The molecule has 0 aliphatic heterocycles. The average molecular weight is 726 g/mol. The first-order valence-corrected chi connectivity index (χ1v) is 19.5. The summed E-state index contributed by atoms with van der Waals surface area (Å²) < 4.78 is 11.6. The van der Waals surface area contributed by atoms with Gasteiger partial charge in [0.05, 0.1) is 33.3 Å². The zero-order chi connectivity index (χ0) is 37.2. The Morgan fingerprint density at radius 3 is 1.82 bits per heavy atom. The van der Waals surface area contributed by atoms with E-state index in [1.165, 1.54) is 70.9 Å². The van der Waals surface area contributed by atoms with Gasteiger partial charge in [-0.05, 0) is 87.9 Å². The topological polar surface area (TPSA) is 35.9 Å². The fraction of sp³-hybridized carbons (Fsp3) is 0. The van der Waals surface area contributed by atoms with E-state index in [9.17, 15) is 0 Å². The van der Waals surface area contributed by atoms with Gasteiger partial charge in [-0.25, -0.2) is 4.98 Å². The summed E-state index contributed by atoms with van der Waals surface area (Å²) in [5.74, 6) is 0. The van der Waals surface area contributed by atoms with Gasteiger partial charge in [-0.3, -0.25) is 0 Å². The van der Waals surface area contributed by atoms with Gasteiger partial charge in [-0.2, -0.15) is 0 Å². The number of pyridine rings is 1. The van der Waals surface area contributed by atoms with Crippen LogP contribution < -0.4 is 0 Å². The minimum absolute atomic E-state index is 0.791. The van der Waals surface area contributed by atoms with Crippen molar-refractivity contribution in [1.29, 1.82) is 0 Å². The Bertz CT molecular complexity index is 3820. The lowest BCUT2D eigenvalue weighted by Gasteiger charge is -2.13. The zero-order valence-corrected chi connectivity index (χ0v) is 30.6. The summed E-state index contributed by atoms with van der Waals surface area (Å²) in [4.78, 5) is 5.17. The molecule has 0 atom stereocenters. The molecule has 0 amide bonds. The normalized spacial score (nSPS) is 12.2. The minimum atomic E-state index is 0.791. The maximum atomic E-state index is 6.74. The summed E-state index contributed by atoms with van der Waals surface area (Å²) in [6, 6.07) is 67.9. The van der Waals surface area contributed by atoms with Crippen LogP contribution in [0.5, 0.6) is 0 Å². The van der Waals surface area contributed by atoms with Crippen LogP contribution in [0.2, 0.25) is 0 Å². The van der Waals surface area contributed by atoms with E-state index in [2.05, 4.69) is 185 Å². The molecule has 264 valence electrons. The molecule has 4 nitrogen and oxygen atoms in total. The summed E-state index contributed by atoms with van der Waals surface area (Å²) in [5.41, 5.74) is 12.6. The van der Waals surface area contributed by atoms with Crippen molar-refractivity contribution in [3.05, 3.63) is 188 Å². The molecule has 13 aromatic rings. The van der Waals surface area contributed by atoms with Crippen LogP contribution in [0.25, 0.3) is 121 Å². The molecule has 0 bridgehead atoms. The zero-order valence-electron chi connectivity index (χ0n) is 30.6. The second kappa shape index (κ2) is 11.4. The van der Waals surface area contributed by atoms with Crippen molar-refractivity contribution in [2.75, 3.05) is 0 Å². The molecule has 0 radical (unpaired) electrons. The van der Waals surface area contributed by atoms with Crippen LogP contribution in [0.3, 0.4) is 0 Å². The number of hydrogen-bond acceptors (Lipinski definition) is 2. The van der Waals surface area contributed by atoms with E-state index in [4.69, 9.17) is 9.40 Å². The number of para-hydroxylation sites is 3. The van der Waals surface area contributed by atoms with E-state index in [0.717, 1.165) is 49.7 Å². The lowest BCUT2D eigenvalue weighted by Crippen LogP contribution is -1.98. The van der Waals surface area contributed by atoms with E-state index >= 15 is 0 Å². The summed E-state index contributed by atoms with van der Waals surface area (Å²) >= 11 is 0. The third-order valence-corrected chi connectivity index (χ3v) is 12.1. The van der Waals surface area contributed by atoms with Crippen molar-refractivity contribution in [2.45, 2.75) is 0 Å². The van der Waals surface area contributed by atoms with Crippen LogP contribution in [0.4, 0.5) is 0 Å². The van der Waals surface area contributed by atoms with Crippen LogP contribution in [-0.2, 0) is 0 Å². The monoisotopic (exact) mass is 725 g/mol. The predicted molar refractivity (Wildman–Crippen MR) is 238 cm³/mol. The minimum Gasteiger partial charge on any atom is -0.452 e. The Balaban J connectivity index is 1.10. The molecular weight excluding hydrogens is 695 g/mol. The van der Waals surface area contributed by atoms with Crippen molar-refractivity contribution >= 4 is 98.1 Å². The highest BCUT2D eigenvalue weighted by molar-refractivity contribution is 6.24. The molecular formula is C53H31N3O. The maximum Gasteiger partial charge on any atom is 0.178 e. The third-order valence-electron chi connectivity index (χ3n) is 12.1. The standard InChI is InChI=1S/C53H31N3O/c1-3-15-36-32(12-1)14-11-22-44(36)55-45-21-9-6-17-38(45)41-30-34(25-27-46(41)55)35-26-28-47-42(31-35)50-37-16-4-2-13-33(37)24-29-48(50)56(47)52-39-18-5-8-20-43(39)54-51-40-19-7-10-23-49(40)57-53(51)52/h1-31H. The van der Waals surface area contributed by atoms with E-state index < -0.39 is 0 Å². The fourth-order valence-corrected chi connectivity index (χ4v) is 9.57. The molecule has 0 aliphatic carbocycles. The number of nitrogens with zero attached hydrogens (tertiary/aromatic N) is 3. The van der Waals surface area contributed by atoms with Crippen molar-refractivity contribution in [3.8, 4) is 22.5 Å². The van der Waals surface area contributed by atoms with Gasteiger partial charge in [-0.15, -0.1) is 0 Å². The molecule has 0 aliphatic rings. The first kappa shape index (κ1) is 30.6. The molecule has 0 saturated carbocycles. The molecule has 9 aromatic carbocycles. The number of fused-ring (bicyclic) bond motifs is 13. The van der Waals surface area contributed by atoms with Crippen molar-refractivity contribution in [1.82, 2.24) is 14.1 Å². The van der Waals surface area contributed by atoms with E-state index in [-0.39, 0.29) is 0 Å². The van der Waals surface area contributed by atoms with Gasteiger partial charge in [0.2, 0.25) is 0 Å². The Morgan fingerprint density at radius 1 is 0.386 bits per heavy atom. The van der Waals surface area contributed by atoms with Gasteiger partial charge in [0.15, 0.2) is 5.58 Å². The van der Waals surface area contributed by atoms with Gasteiger partial charge in [0.25, 0.3) is 0 Å². The van der Waals surface area contributed by atoms with Crippen LogP contribution in [-0.4, -0.2) is 14.1 Å². The molecule has 57 heavy (non-hydrogen) atoms. The van der Waals surface area contributed by atoms with E-state index in [0.29, 0.717) is 0 Å². The van der Waals surface area contributed by atoms with Crippen LogP contribution in [0.15, 0.2) is 192 Å². The fourth-order valence-electron chi connectivity index (χ4n) is 9.57. The highest BCUT2D eigenvalue weighted by Gasteiger charge is 2.23. The first-order chi connectivity index (χ1) is 28.3. The number of benzene rings is 9. The molecule has 0 saturated heterocycles. The van der Waals surface area contributed by atoms with Gasteiger partial charge in [-0.1, -0.05) is 127 Å². The molecule has 0 spiro atoms. The SMILES string of the molecule is c1ccc2c(-n3c4ccccc4c4cc(-c5ccc6c(c5)c5c7ccccc7ccc5n6-c5c6ccccc6nc6c5oc5ccccc56)ccc43)cccc2c1. The molecule has 0 unspecified atom stereocenters. The molecule has 0 N–H and O–H groups in total. The Hall–Kier alpha value is -7.69. The van der Waals surface area contributed by atoms with Crippen molar-refractivity contribution in [3.63, 3.8) is 0 Å². The molecule has 0 fully saturated rings. The average Bonchev–Trinajstić information content (AvgIpc) is 3.92. The third kappa shape index (κ3) is 4.24. The van der Waals surface area contributed by atoms with E-state index in [1.807, 2.05) is 12.1 Å². The predicted octanol–water partition coefficient (Wildman–Crippen LogP) is 14.3. The number of furan rings is 1. The lowest BCUT2D eigenvalue weighted by molar-refractivity contribution is 0.666. The Labute approximate surface area is 326 Å². The number of hydrogen-bond donors (Lipinski definition) is 0. The molecule has 13 rings (SSSR count). The summed E-state index contributed by atoms with van der Waals surface area (Å²) in [7, 11) is 0. The molecule has 4 heteroatoms. The molecule has 4 heterocycles. The van der Waals surface area contributed by atoms with Gasteiger partial charge in [0.1, 0.15) is 16.8 Å². The highest BCUT2D eigenvalue weighted by Crippen LogP contribution is 2.44. The van der Waals surface area contributed by atoms with Gasteiger partial charge in [0, 0.05) is 37.7 Å². The quantitative estimate of drug-likeness (QED) is 0.182. The maximum absolute atomic E-state index is 6.74. The Morgan fingerprint density at radius 2 is 0.982 bits per heavy atom. The summed E-state index contributed by atoms with van der Waals surface area (Å²) in [6.45, 7) is 0. The largest absolute Gasteiger partial charge is 0.452 e.